The van der Waals surface area contributed by atoms with E-state index < -0.39 is 6.04 Å². The minimum Gasteiger partial charge on any atom is -0.354 e. The smallest absolute Gasteiger partial charge is 0.268 e. The van der Waals surface area contributed by atoms with Gasteiger partial charge in [-0.1, -0.05) is 33.6 Å². The quantitative estimate of drug-likeness (QED) is 0.406. The molecule has 1 unspecified atom stereocenters. The van der Waals surface area contributed by atoms with Crippen LogP contribution >= 0.6 is 0 Å². The molecule has 0 radical (unpaired) electrons. The van der Waals surface area contributed by atoms with Gasteiger partial charge in [-0.3, -0.25) is 14.4 Å². The number of nitrogens with one attached hydrogen (secondary N) is 3. The molecule has 0 aromatic carbocycles. The molecule has 1 atom stereocenters. The molecule has 0 saturated carbocycles. The molecule has 2 aliphatic heterocycles. The van der Waals surface area contributed by atoms with Crippen LogP contribution in [-0.2, 0) is 11.2 Å². The first-order valence-corrected chi connectivity index (χ1v) is 15.0. The van der Waals surface area contributed by atoms with Gasteiger partial charge in [-0.2, -0.15) is 0 Å². The molecule has 38 heavy (non-hydrogen) atoms. The molecule has 8 nitrogen and oxygen atoms in total. The molecule has 3 N–H and O–H groups in total. The van der Waals surface area contributed by atoms with Gasteiger partial charge in [-0.15, -0.1) is 0 Å². The Morgan fingerprint density at radius 3 is 2.34 bits per heavy atom. The number of carbonyl (C=O) groups excluding carboxylic acids is 3. The molecule has 8 heteroatoms. The number of carbonyl (C=O) groups is 3. The lowest BCUT2D eigenvalue weighted by Gasteiger charge is -2.33. The first kappa shape index (κ1) is 28.8. The average Bonchev–Trinajstić information content (AvgIpc) is 3.49. The highest BCUT2D eigenvalue weighted by Crippen LogP contribution is 2.36. The summed E-state index contributed by atoms with van der Waals surface area (Å²) in [5.74, 6) is -0.302. The summed E-state index contributed by atoms with van der Waals surface area (Å²) < 4.78 is 0. The Morgan fingerprint density at radius 2 is 1.68 bits per heavy atom. The summed E-state index contributed by atoms with van der Waals surface area (Å²) in [6.07, 6.45) is 9.44. The third kappa shape index (κ3) is 7.26. The largest absolute Gasteiger partial charge is 0.354 e. The van der Waals surface area contributed by atoms with E-state index in [0.717, 1.165) is 57.4 Å². The number of rotatable bonds is 11. The number of Topliss-reactive ketones (excluding diaryl/α,β-unsaturated/α-hetero) is 1. The van der Waals surface area contributed by atoms with Crippen molar-refractivity contribution in [2.45, 2.75) is 104 Å². The van der Waals surface area contributed by atoms with Crippen LogP contribution in [0, 0.1) is 12.3 Å². The summed E-state index contributed by atoms with van der Waals surface area (Å²) >= 11 is 0. The lowest BCUT2D eigenvalue weighted by molar-refractivity contribution is -0.124. The number of aromatic nitrogens is 1. The molecule has 1 aromatic heterocycles. The summed E-state index contributed by atoms with van der Waals surface area (Å²) in [6.45, 7) is 14.9. The Hall–Kier alpha value is -2.19. The third-order valence-electron chi connectivity index (χ3n) is 8.68. The minimum absolute atomic E-state index is 0.0895. The van der Waals surface area contributed by atoms with E-state index in [0.29, 0.717) is 29.7 Å². The number of amides is 2. The van der Waals surface area contributed by atoms with E-state index in [9.17, 15) is 14.4 Å². The van der Waals surface area contributed by atoms with Crippen LogP contribution in [0.5, 0.6) is 0 Å². The van der Waals surface area contributed by atoms with Gasteiger partial charge in [0, 0.05) is 36.8 Å². The predicted octanol–water partition coefficient (Wildman–Crippen LogP) is 3.83. The SMILES string of the molecule is CCCCC(NC(=O)c1[nH]c2c(c1C)C(=O)CC(C)(C)C2)C(=O)NC1CCN(CCCN2CCCC2)CC1. The molecule has 2 amide bonds. The highest BCUT2D eigenvalue weighted by atomic mass is 16.2. The Morgan fingerprint density at radius 1 is 1.03 bits per heavy atom. The van der Waals surface area contributed by atoms with Gasteiger partial charge in [-0.25, -0.2) is 0 Å². The second-order valence-corrected chi connectivity index (χ2v) is 12.6. The van der Waals surface area contributed by atoms with Crippen molar-refractivity contribution in [3.63, 3.8) is 0 Å². The van der Waals surface area contributed by atoms with Crippen molar-refractivity contribution in [3.05, 3.63) is 22.5 Å². The van der Waals surface area contributed by atoms with Crippen molar-refractivity contribution < 1.29 is 14.4 Å². The number of H-pyrrole nitrogens is 1. The van der Waals surface area contributed by atoms with Crippen LogP contribution in [0.15, 0.2) is 0 Å². The van der Waals surface area contributed by atoms with E-state index in [2.05, 4.69) is 46.2 Å². The number of hydrogen-bond acceptors (Lipinski definition) is 5. The molecule has 2 saturated heterocycles. The van der Waals surface area contributed by atoms with Crippen molar-refractivity contribution in [3.8, 4) is 0 Å². The van der Waals surface area contributed by atoms with Crippen molar-refractivity contribution in [1.29, 1.82) is 0 Å². The third-order valence-corrected chi connectivity index (χ3v) is 8.68. The zero-order valence-electron chi connectivity index (χ0n) is 24.1. The first-order chi connectivity index (χ1) is 18.2. The molecule has 1 aromatic rings. The second-order valence-electron chi connectivity index (χ2n) is 12.6. The number of fused-ring (bicyclic) bond motifs is 1. The maximum Gasteiger partial charge on any atom is 0.268 e. The van der Waals surface area contributed by atoms with Gasteiger partial charge in [0.1, 0.15) is 11.7 Å². The van der Waals surface area contributed by atoms with Crippen molar-refractivity contribution in [1.82, 2.24) is 25.4 Å². The zero-order valence-corrected chi connectivity index (χ0v) is 24.1. The van der Waals surface area contributed by atoms with E-state index in [1.165, 1.54) is 38.9 Å². The number of ketones is 1. The highest BCUT2D eigenvalue weighted by molar-refractivity contribution is 6.05. The molecule has 212 valence electrons. The molecule has 0 bridgehead atoms. The normalized spacial score (nSPS) is 21.3. The van der Waals surface area contributed by atoms with Crippen LogP contribution in [0.25, 0.3) is 0 Å². The fraction of sp³-hybridized carbons (Fsp3) is 0.767. The van der Waals surface area contributed by atoms with Crippen LogP contribution in [-0.4, -0.2) is 83.7 Å². The van der Waals surface area contributed by atoms with Gasteiger partial charge < -0.3 is 25.4 Å². The molecule has 0 spiro atoms. The Kier molecular flexibility index (Phi) is 9.69. The van der Waals surface area contributed by atoms with E-state index in [4.69, 9.17) is 0 Å². The van der Waals surface area contributed by atoms with E-state index in [-0.39, 0.29) is 29.1 Å². The van der Waals surface area contributed by atoms with Crippen LogP contribution in [0.4, 0.5) is 0 Å². The van der Waals surface area contributed by atoms with Crippen molar-refractivity contribution in [2.24, 2.45) is 5.41 Å². The lowest BCUT2D eigenvalue weighted by atomic mass is 9.75. The Labute approximate surface area is 228 Å². The zero-order chi connectivity index (χ0) is 27.3. The molecule has 4 rings (SSSR count). The van der Waals surface area contributed by atoms with Gasteiger partial charge in [0.05, 0.1) is 0 Å². The monoisotopic (exact) mass is 527 g/mol. The van der Waals surface area contributed by atoms with Gasteiger partial charge >= 0.3 is 0 Å². The number of aromatic amines is 1. The summed E-state index contributed by atoms with van der Waals surface area (Å²) in [4.78, 5) is 47.7. The summed E-state index contributed by atoms with van der Waals surface area (Å²) in [5, 5.41) is 6.23. The fourth-order valence-electron chi connectivity index (χ4n) is 6.49. The molecule has 3 aliphatic rings. The van der Waals surface area contributed by atoms with Crippen LogP contribution in [0.2, 0.25) is 0 Å². The minimum atomic E-state index is -0.576. The molecule has 1 aliphatic carbocycles. The number of likely N-dealkylation sites (tertiary alicyclic amines) is 2. The van der Waals surface area contributed by atoms with Crippen LogP contribution in [0.3, 0.4) is 0 Å². The van der Waals surface area contributed by atoms with E-state index >= 15 is 0 Å². The lowest BCUT2D eigenvalue weighted by Crippen LogP contribution is -2.52. The van der Waals surface area contributed by atoms with E-state index in [1.807, 2.05) is 6.92 Å². The second kappa shape index (κ2) is 12.8. The number of unbranched alkanes of at least 4 members (excludes halogenated alkanes) is 1. The molecular weight excluding hydrogens is 478 g/mol. The summed E-state index contributed by atoms with van der Waals surface area (Å²) in [7, 11) is 0. The Balaban J connectivity index is 1.29. The van der Waals surface area contributed by atoms with Crippen molar-refractivity contribution >= 4 is 17.6 Å². The van der Waals surface area contributed by atoms with Crippen LogP contribution in [0.1, 0.15) is 111 Å². The summed E-state index contributed by atoms with van der Waals surface area (Å²) in [5.41, 5.74) is 2.50. The number of nitrogens with zero attached hydrogens (tertiary/aromatic N) is 2. The predicted molar refractivity (Wildman–Crippen MR) is 151 cm³/mol. The summed E-state index contributed by atoms with van der Waals surface area (Å²) in [6, 6.07) is -0.425. The van der Waals surface area contributed by atoms with Gasteiger partial charge in [-0.05, 0) is 89.0 Å². The van der Waals surface area contributed by atoms with E-state index in [1.54, 1.807) is 0 Å². The average molecular weight is 528 g/mol. The first-order valence-electron chi connectivity index (χ1n) is 15.0. The van der Waals surface area contributed by atoms with Gasteiger partial charge in [0.15, 0.2) is 5.78 Å². The van der Waals surface area contributed by atoms with Gasteiger partial charge in [0.2, 0.25) is 5.91 Å². The molecular formula is C30H49N5O3. The topological polar surface area (TPSA) is 97.5 Å². The van der Waals surface area contributed by atoms with Crippen molar-refractivity contribution in [2.75, 3.05) is 39.3 Å². The molecule has 3 heterocycles. The maximum absolute atomic E-state index is 13.3. The fourth-order valence-corrected chi connectivity index (χ4v) is 6.49. The van der Waals surface area contributed by atoms with Crippen LogP contribution < -0.4 is 10.6 Å². The Bertz CT molecular complexity index is 986. The molecule has 2 fully saturated rings. The number of piperidine rings is 1. The standard InChI is InChI=1S/C30H49N5O3/c1-5-6-10-23(33-29(38)27-21(2)26-24(32-27)19-30(3,4)20-25(26)36)28(37)31-22-11-17-35(18-12-22)16-9-15-34-13-7-8-14-34/h22-23,32H,5-20H2,1-4H3,(H,31,37)(H,33,38). The maximum atomic E-state index is 13.3. The number of hydrogen-bond donors (Lipinski definition) is 3. The van der Waals surface area contributed by atoms with Gasteiger partial charge in [0.25, 0.3) is 5.91 Å². The highest BCUT2D eigenvalue weighted by Gasteiger charge is 2.36.